The first kappa shape index (κ1) is 17.8. The van der Waals surface area contributed by atoms with E-state index in [0.29, 0.717) is 28.7 Å². The first-order valence-electron chi connectivity index (χ1n) is 8.02. The molecule has 0 radical (unpaired) electrons. The summed E-state index contributed by atoms with van der Waals surface area (Å²) in [4.78, 5) is 24.5. The Morgan fingerprint density at radius 3 is 2.40 bits per heavy atom. The Hall–Kier alpha value is -2.04. The molecule has 2 unspecified atom stereocenters. The van der Waals surface area contributed by atoms with Gasteiger partial charge in [0.25, 0.3) is 0 Å². The summed E-state index contributed by atoms with van der Waals surface area (Å²) in [5.41, 5.74) is 2.73. The second kappa shape index (κ2) is 7.46. The van der Waals surface area contributed by atoms with E-state index >= 15 is 0 Å². The van der Waals surface area contributed by atoms with Crippen LogP contribution in [-0.2, 0) is 16.1 Å². The van der Waals surface area contributed by atoms with E-state index in [1.165, 1.54) is 0 Å². The molecule has 1 aliphatic rings. The molecule has 1 aliphatic carbocycles. The average Bonchev–Trinajstić information content (AvgIpc) is 3.32. The molecule has 25 heavy (non-hydrogen) atoms. The molecule has 2 N–H and O–H groups in total. The molecule has 4 nitrogen and oxygen atoms in total. The fraction of sp³-hybridized carbons (Fsp3) is 0.263. The molecule has 0 aliphatic heterocycles. The number of amides is 2. The second-order valence-corrected chi connectivity index (χ2v) is 7.18. The molecule has 0 saturated heterocycles. The lowest BCUT2D eigenvalue weighted by molar-refractivity contribution is -0.125. The predicted octanol–water partition coefficient (Wildman–Crippen LogP) is 4.19. The maximum absolute atomic E-state index is 12.3. The molecule has 0 spiro atoms. The van der Waals surface area contributed by atoms with Crippen molar-refractivity contribution < 1.29 is 9.59 Å². The molecular formula is C19H18Cl2N2O2. The molecule has 0 aromatic heterocycles. The number of carbonyl (C=O) groups is 2. The number of halogens is 2. The third kappa shape index (κ3) is 4.74. The highest BCUT2D eigenvalue weighted by Crippen LogP contribution is 2.39. The van der Waals surface area contributed by atoms with Crippen LogP contribution >= 0.6 is 23.2 Å². The van der Waals surface area contributed by atoms with Gasteiger partial charge in [0.1, 0.15) is 0 Å². The normalized spacial score (nSPS) is 18.5. The van der Waals surface area contributed by atoms with Crippen molar-refractivity contribution in [2.45, 2.75) is 19.9 Å². The topological polar surface area (TPSA) is 58.2 Å². The number of hydrogen-bond donors (Lipinski definition) is 2. The van der Waals surface area contributed by atoms with Crippen LogP contribution < -0.4 is 10.6 Å². The lowest BCUT2D eigenvalue weighted by Gasteiger charge is -2.07. The van der Waals surface area contributed by atoms with Gasteiger partial charge >= 0.3 is 0 Å². The van der Waals surface area contributed by atoms with Crippen LogP contribution in [0.3, 0.4) is 0 Å². The molecule has 2 aromatic carbocycles. The van der Waals surface area contributed by atoms with Crippen molar-refractivity contribution in [3.05, 3.63) is 63.6 Å². The van der Waals surface area contributed by atoms with E-state index in [2.05, 4.69) is 10.6 Å². The van der Waals surface area contributed by atoms with Gasteiger partial charge in [0.05, 0.1) is 11.8 Å². The van der Waals surface area contributed by atoms with E-state index < -0.39 is 0 Å². The van der Waals surface area contributed by atoms with Crippen molar-refractivity contribution in [2.24, 2.45) is 11.8 Å². The first-order valence-corrected chi connectivity index (χ1v) is 8.78. The molecule has 2 atom stereocenters. The van der Waals surface area contributed by atoms with E-state index in [1.807, 2.05) is 31.2 Å². The van der Waals surface area contributed by atoms with Crippen LogP contribution in [0.4, 0.5) is 5.69 Å². The number of aryl methyl sites for hydroxylation is 1. The number of carbonyl (C=O) groups excluding carboxylic acids is 2. The summed E-state index contributed by atoms with van der Waals surface area (Å²) in [6, 6.07) is 12.8. The average molecular weight is 377 g/mol. The monoisotopic (exact) mass is 376 g/mol. The largest absolute Gasteiger partial charge is 0.352 e. The highest BCUT2D eigenvalue weighted by Gasteiger charge is 2.47. The van der Waals surface area contributed by atoms with Gasteiger partial charge < -0.3 is 10.6 Å². The maximum Gasteiger partial charge on any atom is 0.228 e. The molecule has 3 rings (SSSR count). The summed E-state index contributed by atoms with van der Waals surface area (Å²) in [6.07, 6.45) is 0.555. The van der Waals surface area contributed by atoms with Gasteiger partial charge in [-0.05, 0) is 37.1 Å². The highest BCUT2D eigenvalue weighted by molar-refractivity contribution is 6.35. The third-order valence-corrected chi connectivity index (χ3v) is 4.58. The molecule has 1 saturated carbocycles. The number of rotatable bonds is 5. The van der Waals surface area contributed by atoms with Gasteiger partial charge in [-0.15, -0.1) is 0 Å². The van der Waals surface area contributed by atoms with Gasteiger partial charge in [-0.25, -0.2) is 0 Å². The first-order chi connectivity index (χ1) is 11.9. The quantitative estimate of drug-likeness (QED) is 0.821. The highest BCUT2D eigenvalue weighted by atomic mass is 35.5. The Bertz CT molecular complexity index is 803. The summed E-state index contributed by atoms with van der Waals surface area (Å²) in [7, 11) is 0. The van der Waals surface area contributed by atoms with Crippen molar-refractivity contribution in [1.82, 2.24) is 5.32 Å². The minimum atomic E-state index is -0.310. The van der Waals surface area contributed by atoms with E-state index in [4.69, 9.17) is 23.2 Å². The zero-order valence-corrected chi connectivity index (χ0v) is 15.2. The fourth-order valence-electron chi connectivity index (χ4n) is 2.78. The molecule has 2 aromatic rings. The summed E-state index contributed by atoms with van der Waals surface area (Å²) >= 11 is 11.8. The molecule has 0 bridgehead atoms. The van der Waals surface area contributed by atoms with Crippen molar-refractivity contribution in [2.75, 3.05) is 5.32 Å². The predicted molar refractivity (Wildman–Crippen MR) is 99.7 cm³/mol. The molecule has 2 amide bonds. The lowest BCUT2D eigenvalue weighted by Crippen LogP contribution is -2.27. The Balaban J connectivity index is 1.51. The Kier molecular flexibility index (Phi) is 5.30. The van der Waals surface area contributed by atoms with Gasteiger partial charge in [0.15, 0.2) is 0 Å². The SMILES string of the molecule is Cc1cccc(CNC(=O)C2CC2C(=O)Nc2cc(Cl)cc(Cl)c2)c1. The van der Waals surface area contributed by atoms with Crippen LogP contribution in [0.15, 0.2) is 42.5 Å². The number of hydrogen-bond acceptors (Lipinski definition) is 2. The molecule has 6 heteroatoms. The Labute approximate surface area is 156 Å². The maximum atomic E-state index is 12.3. The number of benzene rings is 2. The van der Waals surface area contributed by atoms with Crippen molar-refractivity contribution >= 4 is 40.7 Å². The minimum Gasteiger partial charge on any atom is -0.352 e. The van der Waals surface area contributed by atoms with Gasteiger partial charge in [-0.2, -0.15) is 0 Å². The molecule has 1 fully saturated rings. The van der Waals surface area contributed by atoms with Crippen LogP contribution in [0.1, 0.15) is 17.5 Å². The van der Waals surface area contributed by atoms with E-state index in [1.54, 1.807) is 18.2 Å². The van der Waals surface area contributed by atoms with Crippen LogP contribution in [-0.4, -0.2) is 11.8 Å². The Morgan fingerprint density at radius 2 is 1.72 bits per heavy atom. The summed E-state index contributed by atoms with van der Waals surface area (Å²) < 4.78 is 0. The number of anilines is 1. The van der Waals surface area contributed by atoms with Crippen LogP contribution in [0, 0.1) is 18.8 Å². The number of nitrogens with one attached hydrogen (secondary N) is 2. The smallest absolute Gasteiger partial charge is 0.228 e. The zero-order chi connectivity index (χ0) is 18.0. The third-order valence-electron chi connectivity index (χ3n) is 4.14. The van der Waals surface area contributed by atoms with Crippen LogP contribution in [0.5, 0.6) is 0 Å². The fourth-order valence-corrected chi connectivity index (χ4v) is 3.30. The van der Waals surface area contributed by atoms with Gasteiger partial charge in [-0.1, -0.05) is 53.0 Å². The van der Waals surface area contributed by atoms with Crippen molar-refractivity contribution in [3.63, 3.8) is 0 Å². The minimum absolute atomic E-state index is 0.0919. The summed E-state index contributed by atoms with van der Waals surface area (Å²) in [5.74, 6) is -0.866. The van der Waals surface area contributed by atoms with Gasteiger partial charge in [0, 0.05) is 22.3 Å². The Morgan fingerprint density at radius 1 is 1.04 bits per heavy atom. The van der Waals surface area contributed by atoms with Crippen molar-refractivity contribution in [3.8, 4) is 0 Å². The second-order valence-electron chi connectivity index (χ2n) is 6.30. The van der Waals surface area contributed by atoms with E-state index in [9.17, 15) is 9.59 Å². The summed E-state index contributed by atoms with van der Waals surface area (Å²) in [6.45, 7) is 2.48. The lowest BCUT2D eigenvalue weighted by atomic mass is 10.1. The van der Waals surface area contributed by atoms with Gasteiger partial charge in [-0.3, -0.25) is 9.59 Å². The standard InChI is InChI=1S/C19H18Cl2N2O2/c1-11-3-2-4-12(5-11)10-22-18(24)16-9-17(16)19(25)23-15-7-13(20)6-14(21)8-15/h2-8,16-17H,9-10H2,1H3,(H,22,24)(H,23,25). The van der Waals surface area contributed by atoms with E-state index in [0.717, 1.165) is 11.1 Å². The van der Waals surface area contributed by atoms with Crippen molar-refractivity contribution in [1.29, 1.82) is 0 Å². The molecule has 0 heterocycles. The van der Waals surface area contributed by atoms with Crippen LogP contribution in [0.25, 0.3) is 0 Å². The molecule has 130 valence electrons. The molecular weight excluding hydrogens is 359 g/mol. The zero-order valence-electron chi connectivity index (χ0n) is 13.7. The van der Waals surface area contributed by atoms with Gasteiger partial charge in [0.2, 0.25) is 11.8 Å². The van der Waals surface area contributed by atoms with Crippen LogP contribution in [0.2, 0.25) is 10.0 Å². The summed E-state index contributed by atoms with van der Waals surface area (Å²) in [5, 5.41) is 6.56. The van der Waals surface area contributed by atoms with E-state index in [-0.39, 0.29) is 23.7 Å².